The minimum Gasteiger partial charge on any atom is -0.496 e. The molecule has 30 heavy (non-hydrogen) atoms. The largest absolute Gasteiger partial charge is 0.496 e. The molecule has 1 aromatic carbocycles. The molecule has 0 atom stereocenters. The van der Waals surface area contributed by atoms with Crippen molar-refractivity contribution in [1.29, 1.82) is 0 Å². The molecular weight excluding hydrogens is 400 g/mol. The maximum Gasteiger partial charge on any atom is 0.253 e. The number of methoxy groups -OCH3 is 1. The van der Waals surface area contributed by atoms with Gasteiger partial charge in [0.1, 0.15) is 5.75 Å². The average Bonchev–Trinajstić information content (AvgIpc) is 2.75. The SMILES string of the molecule is COc1ccc(S(C)(=O)=O)cc1-c1cn(C)c(=O)c2c1CN(C1CCCCC1)CC2. The van der Waals surface area contributed by atoms with Crippen LogP contribution in [-0.4, -0.2) is 43.8 Å². The number of hydrogen-bond acceptors (Lipinski definition) is 5. The third-order valence-corrected chi connectivity index (χ3v) is 7.69. The maximum absolute atomic E-state index is 12.9. The summed E-state index contributed by atoms with van der Waals surface area (Å²) in [6, 6.07) is 5.51. The molecule has 1 aliphatic carbocycles. The van der Waals surface area contributed by atoms with Crippen molar-refractivity contribution < 1.29 is 13.2 Å². The minimum atomic E-state index is -3.36. The fourth-order valence-corrected chi connectivity index (χ4v) is 5.58. The summed E-state index contributed by atoms with van der Waals surface area (Å²) in [6.07, 6.45) is 10.0. The van der Waals surface area contributed by atoms with Gasteiger partial charge in [0, 0.05) is 55.3 Å². The Labute approximate surface area is 178 Å². The van der Waals surface area contributed by atoms with Crippen LogP contribution in [0, 0.1) is 0 Å². The van der Waals surface area contributed by atoms with Gasteiger partial charge in [-0.1, -0.05) is 19.3 Å². The van der Waals surface area contributed by atoms with Gasteiger partial charge in [-0.25, -0.2) is 8.42 Å². The van der Waals surface area contributed by atoms with Crippen LogP contribution < -0.4 is 10.3 Å². The van der Waals surface area contributed by atoms with Gasteiger partial charge in [-0.3, -0.25) is 9.69 Å². The molecule has 0 spiro atoms. The molecule has 0 saturated heterocycles. The van der Waals surface area contributed by atoms with Gasteiger partial charge in [-0.2, -0.15) is 0 Å². The Morgan fingerprint density at radius 2 is 1.80 bits per heavy atom. The van der Waals surface area contributed by atoms with Gasteiger partial charge >= 0.3 is 0 Å². The van der Waals surface area contributed by atoms with Crippen LogP contribution in [-0.2, 0) is 29.9 Å². The zero-order valence-corrected chi connectivity index (χ0v) is 18.8. The number of sulfone groups is 1. The van der Waals surface area contributed by atoms with Crippen LogP contribution in [0.25, 0.3) is 11.1 Å². The molecule has 1 saturated carbocycles. The van der Waals surface area contributed by atoms with E-state index in [0.717, 1.165) is 41.8 Å². The first-order valence-electron chi connectivity index (χ1n) is 10.6. The monoisotopic (exact) mass is 430 g/mol. The second-order valence-corrected chi connectivity index (χ2v) is 10.6. The van der Waals surface area contributed by atoms with E-state index in [-0.39, 0.29) is 10.5 Å². The van der Waals surface area contributed by atoms with Crippen LogP contribution in [0.2, 0.25) is 0 Å². The number of pyridine rings is 1. The second kappa shape index (κ2) is 8.19. The average molecular weight is 431 g/mol. The van der Waals surface area contributed by atoms with E-state index in [4.69, 9.17) is 4.74 Å². The molecule has 7 heteroatoms. The van der Waals surface area contributed by atoms with Gasteiger partial charge in [0.25, 0.3) is 5.56 Å². The van der Waals surface area contributed by atoms with Gasteiger partial charge in [0.2, 0.25) is 0 Å². The number of rotatable bonds is 4. The Morgan fingerprint density at radius 3 is 2.47 bits per heavy atom. The Kier molecular flexibility index (Phi) is 5.77. The molecule has 6 nitrogen and oxygen atoms in total. The Bertz CT molecular complexity index is 1110. The molecule has 0 radical (unpaired) electrons. The summed E-state index contributed by atoms with van der Waals surface area (Å²) in [5, 5.41) is 0. The first kappa shape index (κ1) is 21.1. The van der Waals surface area contributed by atoms with Crippen molar-refractivity contribution in [2.75, 3.05) is 19.9 Å². The quantitative estimate of drug-likeness (QED) is 0.745. The van der Waals surface area contributed by atoms with E-state index in [1.165, 1.54) is 38.4 Å². The second-order valence-electron chi connectivity index (χ2n) is 8.56. The molecule has 1 aliphatic heterocycles. The number of benzene rings is 1. The zero-order chi connectivity index (χ0) is 21.5. The van der Waals surface area contributed by atoms with E-state index < -0.39 is 9.84 Å². The van der Waals surface area contributed by atoms with Gasteiger partial charge in [-0.05, 0) is 43.0 Å². The highest BCUT2D eigenvalue weighted by Gasteiger charge is 2.29. The zero-order valence-electron chi connectivity index (χ0n) is 18.0. The topological polar surface area (TPSA) is 68.6 Å². The fourth-order valence-electron chi connectivity index (χ4n) is 4.93. The molecule has 1 fully saturated rings. The standard InChI is InChI=1S/C23H30N2O4S/c1-24-14-20(19-13-17(30(3,27)28)9-10-22(19)29-2)21-15-25(12-11-18(21)23(24)26)16-7-5-4-6-8-16/h9-10,13-14,16H,4-8,11-12,15H2,1-3H3. The third-order valence-electron chi connectivity index (χ3n) is 6.58. The molecule has 2 aliphatic rings. The van der Waals surface area contributed by atoms with E-state index in [1.54, 1.807) is 36.9 Å². The lowest BCUT2D eigenvalue weighted by molar-refractivity contribution is 0.141. The van der Waals surface area contributed by atoms with Crippen LogP contribution in [0.4, 0.5) is 0 Å². The van der Waals surface area contributed by atoms with Crippen molar-refractivity contribution in [3.63, 3.8) is 0 Å². The number of nitrogens with zero attached hydrogens (tertiary/aromatic N) is 2. The van der Waals surface area contributed by atoms with E-state index >= 15 is 0 Å². The first-order chi connectivity index (χ1) is 14.3. The molecular formula is C23H30N2O4S. The highest BCUT2D eigenvalue weighted by atomic mass is 32.2. The lowest BCUT2D eigenvalue weighted by Crippen LogP contribution is -2.42. The van der Waals surface area contributed by atoms with Gasteiger partial charge in [-0.15, -0.1) is 0 Å². The molecule has 162 valence electrons. The van der Waals surface area contributed by atoms with Crippen molar-refractivity contribution in [2.24, 2.45) is 7.05 Å². The van der Waals surface area contributed by atoms with Gasteiger partial charge in [0.15, 0.2) is 9.84 Å². The highest BCUT2D eigenvalue weighted by Crippen LogP contribution is 2.37. The maximum atomic E-state index is 12.9. The smallest absolute Gasteiger partial charge is 0.253 e. The summed E-state index contributed by atoms with van der Waals surface area (Å²) in [7, 11) is -0.0188. The van der Waals surface area contributed by atoms with Crippen molar-refractivity contribution in [2.45, 2.75) is 56.0 Å². The van der Waals surface area contributed by atoms with Crippen LogP contribution in [0.1, 0.15) is 43.2 Å². The Morgan fingerprint density at radius 1 is 1.07 bits per heavy atom. The predicted octanol–water partition coefficient (Wildman–Crippen LogP) is 3.16. The van der Waals surface area contributed by atoms with E-state index in [9.17, 15) is 13.2 Å². The molecule has 2 heterocycles. The molecule has 4 rings (SSSR count). The summed E-state index contributed by atoms with van der Waals surface area (Å²) >= 11 is 0. The summed E-state index contributed by atoms with van der Waals surface area (Å²) in [5.74, 6) is 0.609. The molecule has 2 aromatic rings. The summed E-state index contributed by atoms with van der Waals surface area (Å²) in [6.45, 7) is 1.62. The van der Waals surface area contributed by atoms with Gasteiger partial charge in [0.05, 0.1) is 12.0 Å². The minimum absolute atomic E-state index is 0.0373. The third kappa shape index (κ3) is 3.93. The summed E-state index contributed by atoms with van der Waals surface area (Å²) < 4.78 is 31.5. The Balaban J connectivity index is 1.86. The lowest BCUT2D eigenvalue weighted by atomic mass is 9.89. The molecule has 0 bridgehead atoms. The van der Waals surface area contributed by atoms with E-state index in [0.29, 0.717) is 11.8 Å². The van der Waals surface area contributed by atoms with Crippen LogP contribution in [0.5, 0.6) is 5.75 Å². The summed E-state index contributed by atoms with van der Waals surface area (Å²) in [4.78, 5) is 15.6. The van der Waals surface area contributed by atoms with E-state index in [2.05, 4.69) is 4.90 Å². The lowest BCUT2D eigenvalue weighted by Gasteiger charge is -2.38. The fraction of sp³-hybridized carbons (Fsp3) is 0.522. The first-order valence-corrected chi connectivity index (χ1v) is 12.5. The Hall–Kier alpha value is -2.12. The normalized spacial score (nSPS) is 18.2. The van der Waals surface area contributed by atoms with Crippen LogP contribution in [0.15, 0.2) is 34.1 Å². The number of hydrogen-bond donors (Lipinski definition) is 0. The van der Waals surface area contributed by atoms with Crippen molar-refractivity contribution in [3.05, 3.63) is 45.9 Å². The molecule has 0 unspecified atom stereocenters. The van der Waals surface area contributed by atoms with Crippen molar-refractivity contribution in [3.8, 4) is 16.9 Å². The number of aryl methyl sites for hydroxylation is 1. The number of aromatic nitrogens is 1. The number of fused-ring (bicyclic) bond motifs is 1. The molecule has 1 aromatic heterocycles. The van der Waals surface area contributed by atoms with Crippen LogP contribution >= 0.6 is 0 Å². The van der Waals surface area contributed by atoms with E-state index in [1.807, 2.05) is 6.20 Å². The summed E-state index contributed by atoms with van der Waals surface area (Å²) in [5.41, 5.74) is 3.50. The highest BCUT2D eigenvalue weighted by molar-refractivity contribution is 7.90. The van der Waals surface area contributed by atoms with Gasteiger partial charge < -0.3 is 9.30 Å². The van der Waals surface area contributed by atoms with Crippen LogP contribution in [0.3, 0.4) is 0 Å². The predicted molar refractivity (Wildman–Crippen MR) is 118 cm³/mol. The van der Waals surface area contributed by atoms with Crippen molar-refractivity contribution >= 4 is 9.84 Å². The number of ether oxygens (including phenoxy) is 1. The molecule has 0 N–H and O–H groups in total. The molecule has 0 amide bonds. The van der Waals surface area contributed by atoms with Crippen molar-refractivity contribution in [1.82, 2.24) is 9.47 Å².